The van der Waals surface area contributed by atoms with E-state index < -0.39 is 18.1 Å². The largest absolute Gasteiger partial charge is 0.465 e. The van der Waals surface area contributed by atoms with E-state index in [1.165, 1.54) is 13.2 Å². The molecule has 1 aromatic heterocycles. The van der Waals surface area contributed by atoms with Crippen LogP contribution < -0.4 is 10.6 Å². The molecule has 0 radical (unpaired) electrons. The molecule has 0 aliphatic rings. The van der Waals surface area contributed by atoms with Gasteiger partial charge in [0.2, 0.25) is 0 Å². The second kappa shape index (κ2) is 12.8. The van der Waals surface area contributed by atoms with Crippen molar-refractivity contribution < 1.29 is 19.4 Å². The third-order valence-electron chi connectivity index (χ3n) is 5.79. The van der Waals surface area contributed by atoms with Crippen LogP contribution in [0, 0.1) is 0 Å². The van der Waals surface area contributed by atoms with Crippen LogP contribution in [0.25, 0.3) is 0 Å². The SMILES string of the molecule is COC(=O)c1cccc(C(=O)N[C@@H](Cc2ccccc2)[C@H](O)CNCc2cncc(C(C)C)c2)c1. The molecule has 0 aliphatic carbocycles. The Bertz CT molecular complexity index is 1120. The summed E-state index contributed by atoms with van der Waals surface area (Å²) in [7, 11) is 1.30. The fourth-order valence-corrected chi connectivity index (χ4v) is 3.74. The maximum Gasteiger partial charge on any atom is 0.337 e. The van der Waals surface area contributed by atoms with Gasteiger partial charge in [-0.3, -0.25) is 9.78 Å². The van der Waals surface area contributed by atoms with E-state index in [0.29, 0.717) is 30.0 Å². The number of aliphatic hydroxyl groups is 1. The predicted molar refractivity (Wildman–Crippen MR) is 135 cm³/mol. The lowest BCUT2D eigenvalue weighted by molar-refractivity contribution is 0.0600. The van der Waals surface area contributed by atoms with Crippen molar-refractivity contribution in [3.05, 3.63) is 101 Å². The van der Waals surface area contributed by atoms with Gasteiger partial charge in [-0.05, 0) is 47.2 Å². The molecule has 2 aromatic carbocycles. The third-order valence-corrected chi connectivity index (χ3v) is 5.79. The van der Waals surface area contributed by atoms with Gasteiger partial charge in [0.1, 0.15) is 0 Å². The van der Waals surface area contributed by atoms with Crippen LogP contribution in [0.1, 0.15) is 57.2 Å². The number of esters is 1. The topological polar surface area (TPSA) is 101 Å². The van der Waals surface area contributed by atoms with Gasteiger partial charge in [0, 0.05) is 31.0 Å². The number of methoxy groups -OCH3 is 1. The van der Waals surface area contributed by atoms with Crippen molar-refractivity contribution in [1.29, 1.82) is 0 Å². The molecule has 7 nitrogen and oxygen atoms in total. The zero-order valence-corrected chi connectivity index (χ0v) is 20.4. The van der Waals surface area contributed by atoms with Crippen LogP contribution in [0.5, 0.6) is 0 Å². The fraction of sp³-hybridized carbons (Fsp3) is 0.321. The number of hydrogen-bond donors (Lipinski definition) is 3. The number of amides is 1. The van der Waals surface area contributed by atoms with E-state index >= 15 is 0 Å². The molecule has 0 aliphatic heterocycles. The number of ether oxygens (including phenoxy) is 1. The quantitative estimate of drug-likeness (QED) is 0.367. The van der Waals surface area contributed by atoms with Crippen LogP contribution in [0.15, 0.2) is 73.1 Å². The highest BCUT2D eigenvalue weighted by atomic mass is 16.5. The summed E-state index contributed by atoms with van der Waals surface area (Å²) in [6, 6.07) is 17.6. The van der Waals surface area contributed by atoms with E-state index in [2.05, 4.69) is 35.5 Å². The number of hydrogen-bond acceptors (Lipinski definition) is 6. The summed E-state index contributed by atoms with van der Waals surface area (Å²) in [4.78, 5) is 29.2. The Morgan fingerprint density at radius 2 is 1.71 bits per heavy atom. The lowest BCUT2D eigenvalue weighted by Gasteiger charge is -2.25. The standard InChI is InChI=1S/C28H33N3O4/c1-19(2)24-12-21(15-29-17-24)16-30-18-26(32)25(13-20-8-5-4-6-9-20)31-27(33)22-10-7-11-23(14-22)28(34)35-3/h4-12,14-15,17,19,25-26,30,32H,13,16,18H2,1-3H3,(H,31,33)/t25-,26+/m0/s1. The minimum absolute atomic E-state index is 0.284. The van der Waals surface area contributed by atoms with Crippen LogP contribution >= 0.6 is 0 Å². The van der Waals surface area contributed by atoms with Crippen molar-refractivity contribution in [1.82, 2.24) is 15.6 Å². The zero-order valence-electron chi connectivity index (χ0n) is 20.4. The van der Waals surface area contributed by atoms with Crippen LogP contribution in [-0.2, 0) is 17.7 Å². The lowest BCUT2D eigenvalue weighted by atomic mass is 10.00. The van der Waals surface area contributed by atoms with Crippen molar-refractivity contribution in [2.75, 3.05) is 13.7 Å². The monoisotopic (exact) mass is 475 g/mol. The number of rotatable bonds is 11. The number of nitrogens with zero attached hydrogens (tertiary/aromatic N) is 1. The van der Waals surface area contributed by atoms with E-state index in [-0.39, 0.29) is 12.5 Å². The van der Waals surface area contributed by atoms with E-state index in [1.807, 2.05) is 42.7 Å². The molecule has 3 N–H and O–H groups in total. The molecule has 184 valence electrons. The lowest BCUT2D eigenvalue weighted by Crippen LogP contribution is -2.48. The highest BCUT2D eigenvalue weighted by molar-refractivity contribution is 5.98. The number of pyridine rings is 1. The number of aliphatic hydroxyl groups excluding tert-OH is 1. The fourth-order valence-electron chi connectivity index (χ4n) is 3.74. The third kappa shape index (κ3) is 7.73. The average molecular weight is 476 g/mol. The maximum absolute atomic E-state index is 13.0. The van der Waals surface area contributed by atoms with Crippen molar-refractivity contribution in [2.24, 2.45) is 0 Å². The molecule has 1 heterocycles. The van der Waals surface area contributed by atoms with Gasteiger partial charge in [0.25, 0.3) is 5.91 Å². The van der Waals surface area contributed by atoms with Crippen LogP contribution in [0.4, 0.5) is 0 Å². The molecule has 0 bridgehead atoms. The van der Waals surface area contributed by atoms with Gasteiger partial charge in [-0.1, -0.05) is 56.3 Å². The summed E-state index contributed by atoms with van der Waals surface area (Å²) in [5, 5.41) is 17.2. The Balaban J connectivity index is 1.68. The van der Waals surface area contributed by atoms with Gasteiger partial charge in [0.15, 0.2) is 0 Å². The first-order chi connectivity index (χ1) is 16.9. The van der Waals surface area contributed by atoms with E-state index in [0.717, 1.165) is 16.7 Å². The Morgan fingerprint density at radius 1 is 0.971 bits per heavy atom. The van der Waals surface area contributed by atoms with Crippen molar-refractivity contribution in [3.63, 3.8) is 0 Å². The Kier molecular flexibility index (Phi) is 9.52. The van der Waals surface area contributed by atoms with Gasteiger partial charge >= 0.3 is 5.97 Å². The first-order valence-electron chi connectivity index (χ1n) is 11.7. The van der Waals surface area contributed by atoms with E-state index in [1.54, 1.807) is 18.2 Å². The average Bonchev–Trinajstić information content (AvgIpc) is 2.88. The smallest absolute Gasteiger partial charge is 0.337 e. The summed E-state index contributed by atoms with van der Waals surface area (Å²) in [5.74, 6) is -0.499. The second-order valence-electron chi connectivity index (χ2n) is 8.82. The van der Waals surface area contributed by atoms with E-state index in [4.69, 9.17) is 4.74 Å². The minimum atomic E-state index is -0.843. The van der Waals surface area contributed by atoms with Crippen molar-refractivity contribution >= 4 is 11.9 Å². The Morgan fingerprint density at radius 3 is 2.43 bits per heavy atom. The summed E-state index contributed by atoms with van der Waals surface area (Å²) in [6.07, 6.45) is 3.28. The molecule has 0 saturated heterocycles. The molecule has 3 rings (SSSR count). The summed E-state index contributed by atoms with van der Waals surface area (Å²) in [5.41, 5.74) is 3.80. The van der Waals surface area contributed by atoms with E-state index in [9.17, 15) is 14.7 Å². The molecule has 0 unspecified atom stereocenters. The minimum Gasteiger partial charge on any atom is -0.465 e. The van der Waals surface area contributed by atoms with Crippen molar-refractivity contribution in [2.45, 2.75) is 44.9 Å². The number of benzene rings is 2. The van der Waals surface area contributed by atoms with Crippen LogP contribution in [-0.4, -0.2) is 47.8 Å². The summed E-state index contributed by atoms with van der Waals surface area (Å²) < 4.78 is 4.75. The number of aromatic nitrogens is 1. The molecule has 0 spiro atoms. The molecular formula is C28H33N3O4. The highest BCUT2D eigenvalue weighted by Gasteiger charge is 2.23. The molecule has 35 heavy (non-hydrogen) atoms. The molecule has 2 atom stereocenters. The number of carbonyl (C=O) groups is 2. The van der Waals surface area contributed by atoms with Crippen molar-refractivity contribution in [3.8, 4) is 0 Å². The predicted octanol–water partition coefficient (Wildman–Crippen LogP) is 3.48. The molecule has 0 fully saturated rings. The zero-order chi connectivity index (χ0) is 25.2. The van der Waals surface area contributed by atoms with Gasteiger partial charge in [-0.2, -0.15) is 0 Å². The summed E-state index contributed by atoms with van der Waals surface area (Å²) in [6.45, 7) is 5.08. The maximum atomic E-state index is 13.0. The molecule has 3 aromatic rings. The number of carbonyl (C=O) groups excluding carboxylic acids is 2. The first-order valence-corrected chi connectivity index (χ1v) is 11.7. The molecule has 1 amide bonds. The Hall–Kier alpha value is -3.55. The summed E-state index contributed by atoms with van der Waals surface area (Å²) >= 11 is 0. The van der Waals surface area contributed by atoms with Gasteiger partial charge in [0.05, 0.1) is 24.8 Å². The van der Waals surface area contributed by atoms with Gasteiger partial charge in [-0.25, -0.2) is 4.79 Å². The molecule has 7 heteroatoms. The van der Waals surface area contributed by atoms with Gasteiger partial charge < -0.3 is 20.5 Å². The molecular weight excluding hydrogens is 442 g/mol. The van der Waals surface area contributed by atoms with Crippen LogP contribution in [0.2, 0.25) is 0 Å². The second-order valence-corrected chi connectivity index (χ2v) is 8.82. The van der Waals surface area contributed by atoms with Gasteiger partial charge in [-0.15, -0.1) is 0 Å². The van der Waals surface area contributed by atoms with Crippen LogP contribution in [0.3, 0.4) is 0 Å². The molecule has 0 saturated carbocycles. The Labute approximate surface area is 206 Å². The first kappa shape index (κ1) is 26.1. The number of nitrogens with one attached hydrogen (secondary N) is 2. The normalized spacial score (nSPS) is 12.7. The highest BCUT2D eigenvalue weighted by Crippen LogP contribution is 2.14.